The van der Waals surface area contributed by atoms with Crippen molar-refractivity contribution in [3.05, 3.63) is 77.9 Å². The molecule has 84 valence electrons. The fourth-order valence-electron chi connectivity index (χ4n) is 2.27. The van der Waals surface area contributed by atoms with Gasteiger partial charge in [0.15, 0.2) is 0 Å². The lowest BCUT2D eigenvalue weighted by Crippen LogP contribution is -2.10. The molecule has 1 aliphatic rings. The van der Waals surface area contributed by atoms with Crippen LogP contribution in [0.1, 0.15) is 17.0 Å². The zero-order chi connectivity index (χ0) is 11.5. The highest BCUT2D eigenvalue weighted by atomic mass is 14.9. The van der Waals surface area contributed by atoms with Crippen LogP contribution >= 0.6 is 0 Å². The first-order valence-corrected chi connectivity index (χ1v) is 5.99. The first kappa shape index (κ1) is 10.2. The zero-order valence-electron chi connectivity index (χ0n) is 9.64. The van der Waals surface area contributed by atoms with Crippen molar-refractivity contribution in [3.63, 3.8) is 0 Å². The summed E-state index contributed by atoms with van der Waals surface area (Å²) in [7, 11) is 0. The fourth-order valence-corrected chi connectivity index (χ4v) is 2.27. The van der Waals surface area contributed by atoms with Crippen LogP contribution in [-0.2, 0) is 0 Å². The Hall–Kier alpha value is -2.02. The third-order valence-corrected chi connectivity index (χ3v) is 3.19. The summed E-state index contributed by atoms with van der Waals surface area (Å²) >= 11 is 0. The Balaban J connectivity index is 1.87. The Labute approximate surface area is 102 Å². The molecule has 0 saturated carbocycles. The highest BCUT2D eigenvalue weighted by Crippen LogP contribution is 2.26. The maximum Gasteiger partial charge on any atom is 0.0380 e. The Morgan fingerprint density at radius 3 is 2.18 bits per heavy atom. The molecule has 1 aliphatic heterocycles. The molecule has 0 aliphatic carbocycles. The molecule has 1 N–H and O–H groups in total. The molecule has 1 nitrogen and oxygen atoms in total. The van der Waals surface area contributed by atoms with Gasteiger partial charge >= 0.3 is 0 Å². The molecule has 1 heterocycles. The first-order chi connectivity index (χ1) is 8.43. The maximum atomic E-state index is 3.48. The average Bonchev–Trinajstić information content (AvgIpc) is 2.90. The first-order valence-electron chi connectivity index (χ1n) is 5.99. The SMILES string of the molecule is C1=C(c2ccccc2)NC[C@@H]1c1ccccc1. The highest BCUT2D eigenvalue weighted by molar-refractivity contribution is 5.67. The Morgan fingerprint density at radius 2 is 1.47 bits per heavy atom. The molecule has 0 radical (unpaired) electrons. The second-order valence-electron chi connectivity index (χ2n) is 4.34. The summed E-state index contributed by atoms with van der Waals surface area (Å²) in [6.07, 6.45) is 2.32. The second kappa shape index (κ2) is 4.46. The minimum Gasteiger partial charge on any atom is -0.384 e. The van der Waals surface area contributed by atoms with Crippen LogP contribution in [0.5, 0.6) is 0 Å². The van der Waals surface area contributed by atoms with Gasteiger partial charge in [0.05, 0.1) is 0 Å². The van der Waals surface area contributed by atoms with Gasteiger partial charge < -0.3 is 5.32 Å². The number of benzene rings is 2. The standard InChI is InChI=1S/C16H15N/c1-3-7-13(8-4-1)15-11-16(17-12-15)14-9-5-2-6-10-14/h1-11,15,17H,12H2/t15-/m1/s1. The van der Waals surface area contributed by atoms with Crippen LogP contribution in [0.3, 0.4) is 0 Å². The van der Waals surface area contributed by atoms with Crippen molar-refractivity contribution in [3.8, 4) is 0 Å². The summed E-state index contributed by atoms with van der Waals surface area (Å²) in [4.78, 5) is 0. The minimum atomic E-state index is 0.492. The molecule has 0 aromatic heterocycles. The molecule has 0 saturated heterocycles. The van der Waals surface area contributed by atoms with Crippen LogP contribution in [0.4, 0.5) is 0 Å². The second-order valence-corrected chi connectivity index (χ2v) is 4.34. The van der Waals surface area contributed by atoms with Crippen molar-refractivity contribution < 1.29 is 0 Å². The van der Waals surface area contributed by atoms with Crippen molar-refractivity contribution in [1.82, 2.24) is 5.32 Å². The van der Waals surface area contributed by atoms with Crippen molar-refractivity contribution in [2.75, 3.05) is 6.54 Å². The molecule has 3 rings (SSSR count). The topological polar surface area (TPSA) is 12.0 Å². The van der Waals surface area contributed by atoms with Crippen molar-refractivity contribution in [2.45, 2.75) is 5.92 Å². The van der Waals surface area contributed by atoms with Gasteiger partial charge in [0.25, 0.3) is 0 Å². The van der Waals surface area contributed by atoms with Crippen molar-refractivity contribution >= 4 is 5.70 Å². The maximum absolute atomic E-state index is 3.48. The Kier molecular flexibility index (Phi) is 2.66. The van der Waals surface area contributed by atoms with E-state index in [4.69, 9.17) is 0 Å². The average molecular weight is 221 g/mol. The van der Waals surface area contributed by atoms with E-state index in [1.807, 2.05) is 6.07 Å². The summed E-state index contributed by atoms with van der Waals surface area (Å²) in [5.41, 5.74) is 3.90. The van der Waals surface area contributed by atoms with Crippen LogP contribution in [0, 0.1) is 0 Å². The predicted molar refractivity (Wildman–Crippen MR) is 71.6 cm³/mol. The summed E-state index contributed by atoms with van der Waals surface area (Å²) in [5.74, 6) is 0.492. The molecule has 1 heteroatoms. The Morgan fingerprint density at radius 1 is 0.824 bits per heavy atom. The Bertz CT molecular complexity index is 514. The summed E-state index contributed by atoms with van der Waals surface area (Å²) in [5, 5.41) is 3.48. The summed E-state index contributed by atoms with van der Waals surface area (Å²) in [6.45, 7) is 0.994. The predicted octanol–water partition coefficient (Wildman–Crippen LogP) is 3.41. The molecule has 0 amide bonds. The number of hydrogen-bond donors (Lipinski definition) is 1. The third kappa shape index (κ3) is 2.09. The van der Waals surface area contributed by atoms with Gasteiger partial charge in [0.1, 0.15) is 0 Å². The summed E-state index contributed by atoms with van der Waals surface area (Å²) < 4.78 is 0. The van der Waals surface area contributed by atoms with Gasteiger partial charge in [0.2, 0.25) is 0 Å². The molecule has 0 unspecified atom stereocenters. The van der Waals surface area contributed by atoms with E-state index in [1.54, 1.807) is 0 Å². The van der Waals surface area contributed by atoms with E-state index in [-0.39, 0.29) is 0 Å². The van der Waals surface area contributed by atoms with E-state index in [9.17, 15) is 0 Å². The van der Waals surface area contributed by atoms with Gasteiger partial charge in [-0.05, 0) is 11.1 Å². The van der Waals surface area contributed by atoms with E-state index < -0.39 is 0 Å². The van der Waals surface area contributed by atoms with E-state index >= 15 is 0 Å². The lowest BCUT2D eigenvalue weighted by Gasteiger charge is -2.06. The molecule has 1 atom stereocenters. The lowest BCUT2D eigenvalue weighted by atomic mass is 10.00. The van der Waals surface area contributed by atoms with Gasteiger partial charge in [0, 0.05) is 18.2 Å². The van der Waals surface area contributed by atoms with Crippen molar-refractivity contribution in [2.24, 2.45) is 0 Å². The molecule has 2 aromatic carbocycles. The smallest absolute Gasteiger partial charge is 0.0380 e. The van der Waals surface area contributed by atoms with Gasteiger partial charge in [-0.1, -0.05) is 66.7 Å². The van der Waals surface area contributed by atoms with Crippen LogP contribution in [0.2, 0.25) is 0 Å². The number of nitrogens with one attached hydrogen (secondary N) is 1. The third-order valence-electron chi connectivity index (χ3n) is 3.19. The largest absolute Gasteiger partial charge is 0.384 e. The number of rotatable bonds is 2. The van der Waals surface area contributed by atoms with Crippen LogP contribution in [-0.4, -0.2) is 6.54 Å². The van der Waals surface area contributed by atoms with Crippen LogP contribution < -0.4 is 5.32 Å². The van der Waals surface area contributed by atoms with Gasteiger partial charge in [-0.15, -0.1) is 0 Å². The molecule has 2 aromatic rings. The monoisotopic (exact) mass is 221 g/mol. The van der Waals surface area contributed by atoms with E-state index in [2.05, 4.69) is 66.0 Å². The molecular weight excluding hydrogens is 206 g/mol. The molecule has 0 fully saturated rings. The van der Waals surface area contributed by atoms with E-state index in [1.165, 1.54) is 16.8 Å². The van der Waals surface area contributed by atoms with Crippen LogP contribution in [0.15, 0.2) is 66.7 Å². The quantitative estimate of drug-likeness (QED) is 0.819. The van der Waals surface area contributed by atoms with Gasteiger partial charge in [-0.2, -0.15) is 0 Å². The molecule has 17 heavy (non-hydrogen) atoms. The zero-order valence-corrected chi connectivity index (χ0v) is 9.64. The van der Waals surface area contributed by atoms with E-state index in [0.29, 0.717) is 5.92 Å². The summed E-state index contributed by atoms with van der Waals surface area (Å²) in [6, 6.07) is 21.1. The van der Waals surface area contributed by atoms with Crippen molar-refractivity contribution in [1.29, 1.82) is 0 Å². The highest BCUT2D eigenvalue weighted by Gasteiger charge is 2.17. The lowest BCUT2D eigenvalue weighted by molar-refractivity contribution is 0.819. The van der Waals surface area contributed by atoms with Gasteiger partial charge in [-0.3, -0.25) is 0 Å². The normalized spacial score (nSPS) is 18.6. The van der Waals surface area contributed by atoms with Gasteiger partial charge in [-0.25, -0.2) is 0 Å². The molecule has 0 bridgehead atoms. The number of hydrogen-bond acceptors (Lipinski definition) is 1. The molecular formula is C16H15N. The molecule has 0 spiro atoms. The minimum absolute atomic E-state index is 0.492. The fraction of sp³-hybridized carbons (Fsp3) is 0.125. The van der Waals surface area contributed by atoms with Crippen LogP contribution in [0.25, 0.3) is 5.70 Å². The van der Waals surface area contributed by atoms with E-state index in [0.717, 1.165) is 6.54 Å².